The molecule has 0 aliphatic heterocycles. The van der Waals surface area contributed by atoms with E-state index in [0.717, 1.165) is 0 Å². The Hall–Kier alpha value is -0.170. The molecular weight excluding hydrogens is 134 g/mol. The molecule has 50 valence electrons. The van der Waals surface area contributed by atoms with Crippen LogP contribution in [0.3, 0.4) is 0 Å². The van der Waals surface area contributed by atoms with Gasteiger partial charge in [0.25, 0.3) is 0 Å². The van der Waals surface area contributed by atoms with Crippen molar-refractivity contribution < 1.29 is 18.6 Å². The predicted molar refractivity (Wildman–Crippen MR) is 26.2 cm³/mol. The lowest BCUT2D eigenvalue weighted by Gasteiger charge is -2.00. The van der Waals surface area contributed by atoms with Crippen LogP contribution in [0.25, 0.3) is 0 Å². The van der Waals surface area contributed by atoms with Gasteiger partial charge in [-0.25, -0.2) is 13.6 Å². The Balaban J connectivity index is 4.04. The van der Waals surface area contributed by atoms with Gasteiger partial charge in [0.2, 0.25) is 10.0 Å². The molecule has 1 unspecified atom stereocenters. The zero-order valence-electron chi connectivity index (χ0n) is 3.98. The van der Waals surface area contributed by atoms with Crippen LogP contribution >= 0.6 is 0 Å². The molecular formula is C2H7NO4S. The fourth-order valence-electron chi connectivity index (χ4n) is 0.104. The second-order valence-electron chi connectivity index (χ2n) is 1.23. The molecule has 0 aliphatic carbocycles. The lowest BCUT2D eigenvalue weighted by Crippen LogP contribution is -2.30. The van der Waals surface area contributed by atoms with Gasteiger partial charge in [0.15, 0.2) is 5.44 Å². The highest BCUT2D eigenvalue weighted by Gasteiger charge is 2.14. The van der Waals surface area contributed by atoms with Gasteiger partial charge in [0.1, 0.15) is 0 Å². The molecule has 0 radical (unpaired) electrons. The third-order valence-electron chi connectivity index (χ3n) is 0.535. The van der Waals surface area contributed by atoms with Crippen molar-refractivity contribution in [3.63, 3.8) is 0 Å². The van der Waals surface area contributed by atoms with Crippen molar-refractivity contribution in [1.82, 2.24) is 0 Å². The average Bonchev–Trinajstić information content (AvgIpc) is 1.62. The van der Waals surface area contributed by atoms with Crippen molar-refractivity contribution >= 4 is 10.0 Å². The molecule has 0 aliphatic rings. The van der Waals surface area contributed by atoms with Crippen LogP contribution in [-0.4, -0.2) is 30.7 Å². The standard InChI is InChI=1S/C2H7NO4S/c3-8(6,7)2(5)1-4/h2,4-5H,1H2,(H2,3,6,7). The minimum atomic E-state index is -3.95. The van der Waals surface area contributed by atoms with Crippen LogP contribution in [-0.2, 0) is 10.0 Å². The summed E-state index contributed by atoms with van der Waals surface area (Å²) in [6.45, 7) is -0.862. The quantitative estimate of drug-likeness (QED) is 0.398. The highest BCUT2D eigenvalue weighted by molar-refractivity contribution is 7.89. The summed E-state index contributed by atoms with van der Waals surface area (Å²) >= 11 is 0. The maximum absolute atomic E-state index is 9.93. The highest BCUT2D eigenvalue weighted by atomic mass is 32.2. The first kappa shape index (κ1) is 7.83. The van der Waals surface area contributed by atoms with Crippen LogP contribution < -0.4 is 5.14 Å². The summed E-state index contributed by atoms with van der Waals surface area (Å²) in [6, 6.07) is 0. The van der Waals surface area contributed by atoms with Crippen molar-refractivity contribution in [3.8, 4) is 0 Å². The van der Waals surface area contributed by atoms with Crippen molar-refractivity contribution in [2.24, 2.45) is 5.14 Å². The van der Waals surface area contributed by atoms with E-state index in [0.29, 0.717) is 0 Å². The first-order chi connectivity index (χ1) is 3.48. The van der Waals surface area contributed by atoms with Crippen LogP contribution in [0.1, 0.15) is 0 Å². The fourth-order valence-corrected chi connectivity index (χ4v) is 0.312. The number of primary sulfonamides is 1. The summed E-state index contributed by atoms with van der Waals surface area (Å²) in [5.74, 6) is 0. The molecule has 0 spiro atoms. The molecule has 6 heteroatoms. The van der Waals surface area contributed by atoms with Crippen molar-refractivity contribution in [2.45, 2.75) is 5.44 Å². The van der Waals surface area contributed by atoms with E-state index in [2.05, 4.69) is 5.14 Å². The van der Waals surface area contributed by atoms with Gasteiger partial charge in [0, 0.05) is 0 Å². The molecule has 4 N–H and O–H groups in total. The molecule has 0 bridgehead atoms. The molecule has 0 saturated carbocycles. The summed E-state index contributed by atoms with van der Waals surface area (Å²) in [4.78, 5) is 0. The smallest absolute Gasteiger partial charge is 0.238 e. The number of rotatable bonds is 2. The number of nitrogens with two attached hydrogens (primary N) is 1. The monoisotopic (exact) mass is 141 g/mol. The summed E-state index contributed by atoms with van der Waals surface area (Å²) < 4.78 is 19.9. The summed E-state index contributed by atoms with van der Waals surface area (Å²) in [5.41, 5.74) is -1.84. The second-order valence-corrected chi connectivity index (χ2v) is 2.95. The molecule has 0 aromatic rings. The van der Waals surface area contributed by atoms with E-state index >= 15 is 0 Å². The Morgan fingerprint density at radius 1 is 1.62 bits per heavy atom. The third kappa shape index (κ3) is 2.22. The Labute approximate surface area is 46.8 Å². The van der Waals surface area contributed by atoms with Crippen molar-refractivity contribution in [2.75, 3.05) is 6.61 Å². The molecule has 0 rings (SSSR count). The van der Waals surface area contributed by atoms with E-state index in [1.54, 1.807) is 0 Å². The Morgan fingerprint density at radius 3 is 2.00 bits per heavy atom. The van der Waals surface area contributed by atoms with Gasteiger partial charge in [0.05, 0.1) is 6.61 Å². The number of hydrogen-bond donors (Lipinski definition) is 3. The molecule has 0 aromatic carbocycles. The van der Waals surface area contributed by atoms with Crippen LogP contribution in [0.5, 0.6) is 0 Å². The topological polar surface area (TPSA) is 101 Å². The third-order valence-corrected chi connectivity index (χ3v) is 1.44. The minimum absolute atomic E-state index is 0.862. The van der Waals surface area contributed by atoms with E-state index in [-0.39, 0.29) is 0 Å². The van der Waals surface area contributed by atoms with Gasteiger partial charge in [-0.05, 0) is 0 Å². The van der Waals surface area contributed by atoms with Gasteiger partial charge in [-0.2, -0.15) is 0 Å². The molecule has 0 fully saturated rings. The van der Waals surface area contributed by atoms with Gasteiger partial charge in [-0.1, -0.05) is 0 Å². The van der Waals surface area contributed by atoms with E-state index in [9.17, 15) is 8.42 Å². The largest absolute Gasteiger partial charge is 0.393 e. The Bertz CT molecular complexity index is 149. The maximum Gasteiger partial charge on any atom is 0.238 e. The number of sulfonamides is 1. The normalized spacial score (nSPS) is 15.9. The Morgan fingerprint density at radius 2 is 2.00 bits per heavy atom. The molecule has 0 saturated heterocycles. The Kier molecular flexibility index (Phi) is 2.35. The van der Waals surface area contributed by atoms with E-state index < -0.39 is 22.1 Å². The van der Waals surface area contributed by atoms with Crippen LogP contribution in [0.15, 0.2) is 0 Å². The first-order valence-corrected chi connectivity index (χ1v) is 3.40. The first-order valence-electron chi connectivity index (χ1n) is 1.79. The van der Waals surface area contributed by atoms with E-state index in [4.69, 9.17) is 10.2 Å². The van der Waals surface area contributed by atoms with Crippen molar-refractivity contribution in [1.29, 1.82) is 0 Å². The summed E-state index contributed by atoms with van der Waals surface area (Å²) in [5, 5.41) is 20.5. The molecule has 1 atom stereocenters. The van der Waals surface area contributed by atoms with E-state index in [1.807, 2.05) is 0 Å². The number of aliphatic hydroxyl groups excluding tert-OH is 2. The zero-order chi connectivity index (χ0) is 6.78. The predicted octanol–water partition coefficient (Wildman–Crippen LogP) is -2.41. The number of hydrogen-bond acceptors (Lipinski definition) is 4. The van der Waals surface area contributed by atoms with Crippen LogP contribution in [0, 0.1) is 0 Å². The minimum Gasteiger partial charge on any atom is -0.393 e. The van der Waals surface area contributed by atoms with Gasteiger partial charge >= 0.3 is 0 Å². The molecule has 5 nitrogen and oxygen atoms in total. The summed E-state index contributed by atoms with van der Waals surface area (Å²) in [6.07, 6.45) is 0. The second kappa shape index (κ2) is 2.40. The zero-order valence-corrected chi connectivity index (χ0v) is 4.80. The van der Waals surface area contributed by atoms with Gasteiger partial charge < -0.3 is 10.2 Å². The molecule has 0 aromatic heterocycles. The summed E-state index contributed by atoms with van der Waals surface area (Å²) in [7, 11) is -3.95. The van der Waals surface area contributed by atoms with Crippen molar-refractivity contribution in [3.05, 3.63) is 0 Å². The SMILES string of the molecule is NS(=O)(=O)C(O)CO. The van der Waals surface area contributed by atoms with E-state index in [1.165, 1.54) is 0 Å². The molecule has 0 heterocycles. The number of aliphatic hydroxyl groups is 2. The lowest BCUT2D eigenvalue weighted by atomic mass is 10.8. The fraction of sp³-hybridized carbons (Fsp3) is 1.00. The van der Waals surface area contributed by atoms with Gasteiger partial charge in [-0.15, -0.1) is 0 Å². The maximum atomic E-state index is 9.93. The average molecular weight is 141 g/mol. The van der Waals surface area contributed by atoms with Crippen LogP contribution in [0.2, 0.25) is 0 Å². The lowest BCUT2D eigenvalue weighted by molar-refractivity contribution is 0.152. The van der Waals surface area contributed by atoms with Crippen LogP contribution in [0.4, 0.5) is 0 Å². The molecule has 8 heavy (non-hydrogen) atoms. The highest BCUT2D eigenvalue weighted by Crippen LogP contribution is 1.85. The van der Waals surface area contributed by atoms with Gasteiger partial charge in [-0.3, -0.25) is 0 Å². The molecule has 0 amide bonds.